The second-order valence-corrected chi connectivity index (χ2v) is 5.70. The quantitative estimate of drug-likeness (QED) is 0.763. The maximum atomic E-state index is 12.2. The van der Waals surface area contributed by atoms with E-state index in [1.807, 2.05) is 54.6 Å². The topological polar surface area (TPSA) is 58.4 Å². The van der Waals surface area contributed by atoms with Crippen LogP contribution in [0.25, 0.3) is 0 Å². The van der Waals surface area contributed by atoms with Crippen LogP contribution in [0.2, 0.25) is 0 Å². The minimum absolute atomic E-state index is 0. The van der Waals surface area contributed by atoms with Crippen LogP contribution in [0.4, 0.5) is 5.69 Å². The van der Waals surface area contributed by atoms with Crippen molar-refractivity contribution < 1.29 is 4.79 Å². The van der Waals surface area contributed by atoms with Crippen LogP contribution in [0.15, 0.2) is 54.6 Å². The Bertz CT molecular complexity index is 620. The van der Waals surface area contributed by atoms with Gasteiger partial charge >= 0.3 is 0 Å². The van der Waals surface area contributed by atoms with E-state index >= 15 is 0 Å². The molecule has 3 N–H and O–H groups in total. The summed E-state index contributed by atoms with van der Waals surface area (Å²) >= 11 is 0. The molecule has 0 radical (unpaired) electrons. The van der Waals surface area contributed by atoms with Crippen LogP contribution in [-0.4, -0.2) is 26.0 Å². The van der Waals surface area contributed by atoms with Crippen LogP contribution in [0.1, 0.15) is 35.3 Å². The molecule has 0 aliphatic rings. The van der Waals surface area contributed by atoms with E-state index in [2.05, 4.69) is 24.2 Å². The zero-order valence-corrected chi connectivity index (χ0v) is 16.3. The normalized spacial score (nSPS) is 10.8. The minimum atomic E-state index is -0.199. The highest BCUT2D eigenvalue weighted by Gasteiger charge is 2.10. The fraction of sp³-hybridized carbons (Fsp3) is 0.316. The van der Waals surface area contributed by atoms with Gasteiger partial charge in [0.05, 0.1) is 0 Å². The lowest BCUT2D eigenvalue weighted by Gasteiger charge is -2.18. The van der Waals surface area contributed by atoms with Gasteiger partial charge in [-0.05, 0) is 36.2 Å². The Morgan fingerprint density at radius 1 is 1.08 bits per heavy atom. The lowest BCUT2D eigenvalue weighted by atomic mass is 10.1. The maximum Gasteiger partial charge on any atom is 0.251 e. The number of nitrogens with one attached hydrogen (secondary N) is 1. The second kappa shape index (κ2) is 11.7. The van der Waals surface area contributed by atoms with Crippen LogP contribution >= 0.6 is 24.8 Å². The predicted octanol–water partition coefficient (Wildman–Crippen LogP) is 3.81. The molecule has 0 bridgehead atoms. The summed E-state index contributed by atoms with van der Waals surface area (Å²) in [5.74, 6) is -0.0962. The first kappa shape index (κ1) is 23.2. The lowest BCUT2D eigenvalue weighted by molar-refractivity contribution is 0.0951. The molecule has 138 valence electrons. The van der Waals surface area contributed by atoms with E-state index in [-0.39, 0.29) is 36.8 Å². The first-order valence-corrected chi connectivity index (χ1v) is 8.01. The Balaban J connectivity index is 0.00000288. The number of nitrogens with two attached hydrogens (primary N) is 1. The fourth-order valence-corrected chi connectivity index (χ4v) is 2.45. The van der Waals surface area contributed by atoms with Crippen molar-refractivity contribution in [2.24, 2.45) is 5.73 Å². The number of hydrogen-bond donors (Lipinski definition) is 2. The molecule has 0 fully saturated rings. The molecule has 0 saturated heterocycles. The standard InChI is InChI=1S/C19H25N3O.2ClH/c1-3-13-22(2)17-11-9-16(10-12-17)19(23)21-14-18(20)15-7-5-4-6-8-15;;/h4-12,18H,3,13-14,20H2,1-2H3,(H,21,23);2*1H. The summed E-state index contributed by atoms with van der Waals surface area (Å²) in [6.07, 6.45) is 1.09. The summed E-state index contributed by atoms with van der Waals surface area (Å²) in [4.78, 5) is 14.4. The smallest absolute Gasteiger partial charge is 0.251 e. The highest BCUT2D eigenvalue weighted by molar-refractivity contribution is 5.94. The summed E-state index contributed by atoms with van der Waals surface area (Å²) in [6.45, 7) is 3.56. The summed E-state index contributed by atoms with van der Waals surface area (Å²) in [5, 5.41) is 2.89. The van der Waals surface area contributed by atoms with E-state index in [9.17, 15) is 4.79 Å². The van der Waals surface area contributed by atoms with Gasteiger partial charge in [-0.3, -0.25) is 4.79 Å². The van der Waals surface area contributed by atoms with E-state index < -0.39 is 0 Å². The van der Waals surface area contributed by atoms with Gasteiger partial charge in [-0.2, -0.15) is 0 Å². The Hall–Kier alpha value is -1.75. The SMILES string of the molecule is CCCN(C)c1ccc(C(=O)NCC(N)c2ccccc2)cc1.Cl.Cl. The number of halogens is 2. The molecular weight excluding hydrogens is 357 g/mol. The van der Waals surface area contributed by atoms with E-state index in [4.69, 9.17) is 5.73 Å². The predicted molar refractivity (Wildman–Crippen MR) is 110 cm³/mol. The number of benzene rings is 2. The third kappa shape index (κ3) is 6.94. The molecule has 1 amide bonds. The summed E-state index contributed by atoms with van der Waals surface area (Å²) < 4.78 is 0. The molecule has 2 aromatic carbocycles. The summed E-state index contributed by atoms with van der Waals surface area (Å²) in [6, 6.07) is 17.2. The van der Waals surface area contributed by atoms with Crippen molar-refractivity contribution >= 4 is 36.4 Å². The number of carbonyl (C=O) groups excluding carboxylic acids is 1. The van der Waals surface area contributed by atoms with Crippen LogP contribution in [0.3, 0.4) is 0 Å². The molecule has 0 spiro atoms. The molecule has 0 saturated carbocycles. The maximum absolute atomic E-state index is 12.2. The number of carbonyl (C=O) groups is 1. The van der Waals surface area contributed by atoms with Crippen molar-refractivity contribution in [2.45, 2.75) is 19.4 Å². The molecule has 0 heterocycles. The highest BCUT2D eigenvalue weighted by Crippen LogP contribution is 2.14. The van der Waals surface area contributed by atoms with Crippen molar-refractivity contribution in [2.75, 3.05) is 25.0 Å². The highest BCUT2D eigenvalue weighted by atomic mass is 35.5. The Labute approximate surface area is 162 Å². The monoisotopic (exact) mass is 383 g/mol. The number of anilines is 1. The zero-order chi connectivity index (χ0) is 16.7. The largest absolute Gasteiger partial charge is 0.375 e. The number of hydrogen-bond acceptors (Lipinski definition) is 3. The molecule has 1 atom stereocenters. The van der Waals surface area contributed by atoms with Crippen LogP contribution < -0.4 is 16.0 Å². The van der Waals surface area contributed by atoms with Crippen molar-refractivity contribution in [3.8, 4) is 0 Å². The Morgan fingerprint density at radius 3 is 2.24 bits per heavy atom. The fourth-order valence-electron chi connectivity index (χ4n) is 2.45. The van der Waals surface area contributed by atoms with Gasteiger partial charge in [0.2, 0.25) is 0 Å². The molecule has 4 nitrogen and oxygen atoms in total. The molecule has 25 heavy (non-hydrogen) atoms. The minimum Gasteiger partial charge on any atom is -0.375 e. The second-order valence-electron chi connectivity index (χ2n) is 5.70. The van der Waals surface area contributed by atoms with E-state index in [1.54, 1.807) is 0 Å². The van der Waals surface area contributed by atoms with Crippen molar-refractivity contribution in [1.82, 2.24) is 5.32 Å². The third-order valence-corrected chi connectivity index (χ3v) is 3.84. The van der Waals surface area contributed by atoms with Gasteiger partial charge in [0.1, 0.15) is 0 Å². The van der Waals surface area contributed by atoms with Gasteiger partial charge in [0.15, 0.2) is 0 Å². The van der Waals surface area contributed by atoms with Crippen LogP contribution in [0.5, 0.6) is 0 Å². The van der Waals surface area contributed by atoms with Gasteiger partial charge < -0.3 is 16.0 Å². The van der Waals surface area contributed by atoms with Gasteiger partial charge in [0.25, 0.3) is 5.91 Å². The molecule has 6 heteroatoms. The van der Waals surface area contributed by atoms with Crippen molar-refractivity contribution in [3.63, 3.8) is 0 Å². The van der Waals surface area contributed by atoms with Crippen LogP contribution in [0, 0.1) is 0 Å². The van der Waals surface area contributed by atoms with Gasteiger partial charge in [-0.15, -0.1) is 24.8 Å². The van der Waals surface area contributed by atoms with Crippen molar-refractivity contribution in [1.29, 1.82) is 0 Å². The average Bonchev–Trinajstić information content (AvgIpc) is 2.60. The van der Waals surface area contributed by atoms with Gasteiger partial charge in [0, 0.05) is 37.4 Å². The molecule has 2 aromatic rings. The molecular formula is C19H27Cl2N3O. The molecule has 0 aliphatic carbocycles. The molecule has 1 unspecified atom stereocenters. The van der Waals surface area contributed by atoms with Gasteiger partial charge in [-0.1, -0.05) is 37.3 Å². The summed E-state index contributed by atoms with van der Waals surface area (Å²) in [7, 11) is 2.05. The number of nitrogens with zero attached hydrogens (tertiary/aromatic N) is 1. The molecule has 0 aromatic heterocycles. The molecule has 2 rings (SSSR count). The number of amides is 1. The van der Waals surface area contributed by atoms with Crippen molar-refractivity contribution in [3.05, 3.63) is 65.7 Å². The first-order chi connectivity index (χ1) is 11.1. The average molecular weight is 384 g/mol. The zero-order valence-electron chi connectivity index (χ0n) is 14.6. The summed E-state index contributed by atoms with van der Waals surface area (Å²) in [5.41, 5.74) is 8.88. The van der Waals surface area contributed by atoms with E-state index in [0.29, 0.717) is 12.1 Å². The number of rotatable bonds is 7. The Morgan fingerprint density at radius 2 is 1.68 bits per heavy atom. The van der Waals surface area contributed by atoms with Crippen LogP contribution in [-0.2, 0) is 0 Å². The Kier molecular flexibility index (Phi) is 10.9. The van der Waals surface area contributed by atoms with Gasteiger partial charge in [-0.25, -0.2) is 0 Å². The molecule has 0 aliphatic heterocycles. The third-order valence-electron chi connectivity index (χ3n) is 3.84. The first-order valence-electron chi connectivity index (χ1n) is 8.01. The lowest BCUT2D eigenvalue weighted by Crippen LogP contribution is -2.31. The van der Waals surface area contributed by atoms with E-state index in [1.165, 1.54) is 0 Å². The van der Waals surface area contributed by atoms with E-state index in [0.717, 1.165) is 24.2 Å².